The molecule has 0 aliphatic heterocycles. The van der Waals surface area contributed by atoms with Gasteiger partial charge in [-0.25, -0.2) is 9.97 Å². The van der Waals surface area contributed by atoms with Crippen LogP contribution in [0, 0.1) is 5.92 Å². The fraction of sp³-hybridized carbons (Fsp3) is 0.478. The number of imidazole rings is 1. The van der Waals surface area contributed by atoms with Crippen LogP contribution in [0.5, 0.6) is 0 Å². The number of nitrogens with one attached hydrogen (secondary N) is 2. The largest absolute Gasteiger partial charge is 0.391 e. The van der Waals surface area contributed by atoms with Crippen molar-refractivity contribution in [2.75, 3.05) is 10.6 Å². The van der Waals surface area contributed by atoms with Crippen LogP contribution in [0.15, 0.2) is 24.4 Å². The Hall–Kier alpha value is -2.62. The minimum absolute atomic E-state index is 0.0594. The summed E-state index contributed by atoms with van der Waals surface area (Å²) in [6.45, 7) is 0. The van der Waals surface area contributed by atoms with Gasteiger partial charge in [-0.15, -0.1) is 0 Å². The van der Waals surface area contributed by atoms with Crippen LogP contribution in [0.1, 0.15) is 51.0 Å². The van der Waals surface area contributed by atoms with Gasteiger partial charge in [-0.3, -0.25) is 9.36 Å². The third kappa shape index (κ3) is 4.52. The van der Waals surface area contributed by atoms with Crippen molar-refractivity contribution in [2.24, 2.45) is 11.7 Å². The van der Waals surface area contributed by atoms with Crippen molar-refractivity contribution >= 4 is 57.9 Å². The topological polar surface area (TPSA) is 131 Å². The minimum atomic E-state index is -0.409. The molecule has 0 unspecified atom stereocenters. The molecule has 2 aromatic heterocycles. The molecular formula is C23H27Cl2N7O2. The summed E-state index contributed by atoms with van der Waals surface area (Å²) in [5.41, 5.74) is 7.40. The molecule has 2 fully saturated rings. The van der Waals surface area contributed by atoms with E-state index in [-0.39, 0.29) is 23.9 Å². The summed E-state index contributed by atoms with van der Waals surface area (Å²) in [6, 6.07) is 5.29. The van der Waals surface area contributed by atoms with Crippen LogP contribution in [0.25, 0.3) is 11.2 Å². The third-order valence-corrected chi connectivity index (χ3v) is 7.52. The average Bonchev–Trinajstić information content (AvgIpc) is 3.39. The van der Waals surface area contributed by atoms with Crippen LogP contribution >= 0.6 is 23.2 Å². The van der Waals surface area contributed by atoms with Crippen molar-refractivity contribution in [3.8, 4) is 0 Å². The molecule has 34 heavy (non-hydrogen) atoms. The highest BCUT2D eigenvalue weighted by molar-refractivity contribution is 6.39. The standard InChI is InChI=1S/C23H27Cl2N7O2/c24-14-3-1-4-15(25)19(14)30-23-29-17-11-27-22(28-16-5-2-6-18(16)33)31-21(17)32(23)13-9-7-12(8-10-13)20(26)34/h1,3-4,11-13,16,18,33H,2,5-10H2,(H2,26,34)(H,29,30)(H,27,28,31)/t12?,13?,16-,18-/m0/s1. The first-order valence-corrected chi connectivity index (χ1v) is 12.4. The van der Waals surface area contributed by atoms with Gasteiger partial charge >= 0.3 is 0 Å². The Bertz CT molecular complexity index is 1190. The number of rotatable bonds is 6. The molecule has 0 spiro atoms. The molecule has 5 rings (SSSR count). The van der Waals surface area contributed by atoms with Crippen LogP contribution in [0.2, 0.25) is 10.0 Å². The predicted octanol–water partition coefficient (Wildman–Crippen LogP) is 4.42. The molecule has 2 atom stereocenters. The van der Waals surface area contributed by atoms with Crippen LogP contribution in [0.4, 0.5) is 17.6 Å². The number of fused-ring (bicyclic) bond motifs is 1. The van der Waals surface area contributed by atoms with Gasteiger partial charge < -0.3 is 21.5 Å². The van der Waals surface area contributed by atoms with E-state index in [0.29, 0.717) is 51.6 Å². The lowest BCUT2D eigenvalue weighted by molar-refractivity contribution is -0.122. The van der Waals surface area contributed by atoms with Crippen molar-refractivity contribution in [1.29, 1.82) is 0 Å². The van der Waals surface area contributed by atoms with Gasteiger partial charge in [0.05, 0.1) is 34.1 Å². The molecule has 0 radical (unpaired) electrons. The first-order chi connectivity index (χ1) is 16.4. The Labute approximate surface area is 207 Å². The molecule has 180 valence electrons. The Kier molecular flexibility index (Phi) is 6.50. The molecule has 2 saturated carbocycles. The molecule has 1 aromatic carbocycles. The van der Waals surface area contributed by atoms with Gasteiger partial charge in [0.15, 0.2) is 5.65 Å². The van der Waals surface area contributed by atoms with Gasteiger partial charge in [0.2, 0.25) is 17.8 Å². The van der Waals surface area contributed by atoms with Crippen LogP contribution in [-0.2, 0) is 4.79 Å². The summed E-state index contributed by atoms with van der Waals surface area (Å²) in [4.78, 5) is 25.6. The fourth-order valence-electron chi connectivity index (χ4n) is 5.02. The normalized spacial score (nSPS) is 24.9. The molecular weight excluding hydrogens is 477 g/mol. The monoisotopic (exact) mass is 503 g/mol. The lowest BCUT2D eigenvalue weighted by Crippen LogP contribution is -2.29. The second-order valence-corrected chi connectivity index (χ2v) is 9.90. The molecule has 0 bridgehead atoms. The number of benzene rings is 1. The molecule has 2 aliphatic rings. The number of carbonyl (C=O) groups is 1. The van der Waals surface area contributed by atoms with Gasteiger partial charge in [-0.05, 0) is 57.1 Å². The van der Waals surface area contributed by atoms with E-state index < -0.39 is 6.10 Å². The maximum atomic E-state index is 11.7. The molecule has 5 N–H and O–H groups in total. The zero-order valence-electron chi connectivity index (χ0n) is 18.5. The molecule has 9 nitrogen and oxygen atoms in total. The highest BCUT2D eigenvalue weighted by Gasteiger charge is 2.30. The second kappa shape index (κ2) is 9.56. The predicted molar refractivity (Wildman–Crippen MR) is 133 cm³/mol. The average molecular weight is 504 g/mol. The number of aliphatic hydroxyl groups excluding tert-OH is 1. The summed E-state index contributed by atoms with van der Waals surface area (Å²) in [5.74, 6) is 0.642. The summed E-state index contributed by atoms with van der Waals surface area (Å²) in [6.07, 6.45) is 6.81. The Balaban J connectivity index is 1.53. The zero-order valence-corrected chi connectivity index (χ0v) is 20.1. The lowest BCUT2D eigenvalue weighted by Gasteiger charge is -2.29. The summed E-state index contributed by atoms with van der Waals surface area (Å²) < 4.78 is 2.05. The number of primary amides is 1. The second-order valence-electron chi connectivity index (χ2n) is 9.09. The van der Waals surface area contributed by atoms with E-state index in [9.17, 15) is 9.90 Å². The first kappa shape index (κ1) is 23.1. The number of halogens is 2. The number of hydrogen-bond acceptors (Lipinski definition) is 7. The highest BCUT2D eigenvalue weighted by atomic mass is 35.5. The van der Waals surface area contributed by atoms with Crippen molar-refractivity contribution in [3.05, 3.63) is 34.4 Å². The van der Waals surface area contributed by atoms with Crippen molar-refractivity contribution in [2.45, 2.75) is 63.1 Å². The van der Waals surface area contributed by atoms with Crippen LogP contribution < -0.4 is 16.4 Å². The molecule has 2 heterocycles. The highest BCUT2D eigenvalue weighted by Crippen LogP contribution is 2.39. The molecule has 11 heteroatoms. The number of anilines is 3. The number of para-hydroxylation sites is 1. The molecule has 3 aromatic rings. The molecule has 2 aliphatic carbocycles. The Morgan fingerprint density at radius 2 is 1.82 bits per heavy atom. The number of nitrogens with zero attached hydrogens (tertiary/aromatic N) is 4. The molecule has 0 saturated heterocycles. The molecule has 1 amide bonds. The van der Waals surface area contributed by atoms with E-state index in [1.165, 1.54) is 0 Å². The van der Waals surface area contributed by atoms with E-state index in [1.807, 2.05) is 4.57 Å². The smallest absolute Gasteiger partial charge is 0.225 e. The fourth-order valence-corrected chi connectivity index (χ4v) is 5.51. The number of aliphatic hydroxyl groups is 1. The van der Waals surface area contributed by atoms with E-state index in [2.05, 4.69) is 15.6 Å². The number of aromatic nitrogens is 4. The van der Waals surface area contributed by atoms with Gasteiger partial charge in [0.25, 0.3) is 0 Å². The number of nitrogens with two attached hydrogens (primary N) is 1. The van der Waals surface area contributed by atoms with Crippen molar-refractivity contribution in [1.82, 2.24) is 19.5 Å². The lowest BCUT2D eigenvalue weighted by atomic mass is 9.85. The van der Waals surface area contributed by atoms with Crippen molar-refractivity contribution < 1.29 is 9.90 Å². The third-order valence-electron chi connectivity index (χ3n) is 6.89. The Morgan fingerprint density at radius 3 is 2.47 bits per heavy atom. The van der Waals surface area contributed by atoms with Gasteiger partial charge in [0.1, 0.15) is 5.52 Å². The van der Waals surface area contributed by atoms with E-state index in [4.69, 9.17) is 38.9 Å². The summed E-state index contributed by atoms with van der Waals surface area (Å²) >= 11 is 12.8. The van der Waals surface area contributed by atoms with Crippen LogP contribution in [0.3, 0.4) is 0 Å². The summed E-state index contributed by atoms with van der Waals surface area (Å²) in [7, 11) is 0. The van der Waals surface area contributed by atoms with Gasteiger partial charge in [0, 0.05) is 12.0 Å². The maximum absolute atomic E-state index is 11.7. The first-order valence-electron chi connectivity index (χ1n) is 11.6. The van der Waals surface area contributed by atoms with E-state index in [1.54, 1.807) is 24.4 Å². The summed E-state index contributed by atoms with van der Waals surface area (Å²) in [5, 5.41) is 17.7. The minimum Gasteiger partial charge on any atom is -0.391 e. The van der Waals surface area contributed by atoms with Crippen LogP contribution in [-0.4, -0.2) is 42.7 Å². The number of amides is 1. The van der Waals surface area contributed by atoms with E-state index in [0.717, 1.165) is 32.1 Å². The zero-order chi connectivity index (χ0) is 23.8. The SMILES string of the molecule is NC(=O)C1CCC(n2c(Nc3c(Cl)cccc3Cl)nc3cnc(N[C@H]4CCC[C@@H]4O)nc32)CC1. The number of hydrogen-bond donors (Lipinski definition) is 4. The van der Waals surface area contributed by atoms with Gasteiger partial charge in [-0.2, -0.15) is 4.98 Å². The Morgan fingerprint density at radius 1 is 1.09 bits per heavy atom. The maximum Gasteiger partial charge on any atom is 0.225 e. The van der Waals surface area contributed by atoms with Gasteiger partial charge in [-0.1, -0.05) is 29.3 Å². The quantitative estimate of drug-likeness (QED) is 0.391. The van der Waals surface area contributed by atoms with Crippen molar-refractivity contribution in [3.63, 3.8) is 0 Å². The van der Waals surface area contributed by atoms with E-state index >= 15 is 0 Å². The number of carbonyl (C=O) groups excluding carboxylic acids is 1.